The Balaban J connectivity index is 1.73. The van der Waals surface area contributed by atoms with Crippen LogP contribution in [0.25, 0.3) is 6.08 Å². The van der Waals surface area contributed by atoms with Crippen LogP contribution in [0.15, 0.2) is 48.7 Å². The molecular weight excluding hydrogens is 283 g/mol. The van der Waals surface area contributed by atoms with E-state index in [9.17, 15) is 9.18 Å². The first kappa shape index (κ1) is 15.7. The number of ether oxygens (including phenoxy) is 1. The highest BCUT2D eigenvalue weighted by atomic mass is 19.1. The van der Waals surface area contributed by atoms with E-state index in [0.29, 0.717) is 12.2 Å². The minimum absolute atomic E-state index is 0.231. The highest BCUT2D eigenvalue weighted by Crippen LogP contribution is 2.07. The van der Waals surface area contributed by atoms with Crippen molar-refractivity contribution in [2.75, 3.05) is 6.54 Å². The van der Waals surface area contributed by atoms with Crippen molar-refractivity contribution in [2.45, 2.75) is 13.5 Å². The van der Waals surface area contributed by atoms with Gasteiger partial charge in [0.05, 0.1) is 11.9 Å². The van der Waals surface area contributed by atoms with Crippen LogP contribution in [0.5, 0.6) is 0 Å². The molecule has 5 heteroatoms. The van der Waals surface area contributed by atoms with Crippen LogP contribution in [0.2, 0.25) is 0 Å². The topological polar surface area (TPSA) is 51.2 Å². The summed E-state index contributed by atoms with van der Waals surface area (Å²) in [5, 5.41) is 2.60. The summed E-state index contributed by atoms with van der Waals surface area (Å²) < 4.78 is 18.0. The monoisotopic (exact) mass is 300 g/mol. The Kier molecular flexibility index (Phi) is 5.65. The number of alkyl carbamates (subject to hydrolysis) is 1. The highest BCUT2D eigenvalue weighted by molar-refractivity contribution is 5.67. The molecule has 1 aromatic carbocycles. The SMILES string of the molecule is Cc1cc(F)cnc1C=CCNC(=O)OCc1ccccc1. The van der Waals surface area contributed by atoms with E-state index in [1.165, 1.54) is 6.07 Å². The Labute approximate surface area is 128 Å². The molecule has 0 aliphatic heterocycles. The van der Waals surface area contributed by atoms with E-state index in [1.807, 2.05) is 30.3 Å². The van der Waals surface area contributed by atoms with Crippen LogP contribution in [0.4, 0.5) is 9.18 Å². The molecule has 0 aliphatic carbocycles. The van der Waals surface area contributed by atoms with Gasteiger partial charge in [-0.2, -0.15) is 0 Å². The van der Waals surface area contributed by atoms with Crippen LogP contribution in [-0.4, -0.2) is 17.6 Å². The van der Waals surface area contributed by atoms with Gasteiger partial charge in [0.1, 0.15) is 12.4 Å². The molecule has 22 heavy (non-hydrogen) atoms. The number of carbonyl (C=O) groups excluding carboxylic acids is 1. The average Bonchev–Trinajstić information content (AvgIpc) is 2.52. The Morgan fingerprint density at radius 1 is 1.36 bits per heavy atom. The van der Waals surface area contributed by atoms with Crippen LogP contribution in [-0.2, 0) is 11.3 Å². The van der Waals surface area contributed by atoms with E-state index in [0.717, 1.165) is 17.3 Å². The van der Waals surface area contributed by atoms with Crippen molar-refractivity contribution in [1.29, 1.82) is 0 Å². The van der Waals surface area contributed by atoms with Crippen molar-refractivity contribution in [2.24, 2.45) is 0 Å². The number of aromatic nitrogens is 1. The molecule has 1 N–H and O–H groups in total. The number of hydrogen-bond acceptors (Lipinski definition) is 3. The van der Waals surface area contributed by atoms with Crippen molar-refractivity contribution in [3.63, 3.8) is 0 Å². The third kappa shape index (κ3) is 5.01. The van der Waals surface area contributed by atoms with Gasteiger partial charge in [-0.25, -0.2) is 9.18 Å². The Bertz CT molecular complexity index is 657. The largest absolute Gasteiger partial charge is 0.445 e. The van der Waals surface area contributed by atoms with Crippen LogP contribution in [0.1, 0.15) is 16.8 Å². The van der Waals surface area contributed by atoms with E-state index in [1.54, 1.807) is 19.1 Å². The fourth-order valence-electron chi connectivity index (χ4n) is 1.81. The molecule has 0 fully saturated rings. The van der Waals surface area contributed by atoms with E-state index in [-0.39, 0.29) is 12.4 Å². The van der Waals surface area contributed by atoms with Gasteiger partial charge in [-0.05, 0) is 30.2 Å². The van der Waals surface area contributed by atoms with Gasteiger partial charge in [0.2, 0.25) is 0 Å². The van der Waals surface area contributed by atoms with Crippen LogP contribution in [0.3, 0.4) is 0 Å². The number of amides is 1. The fourth-order valence-corrected chi connectivity index (χ4v) is 1.81. The molecule has 114 valence electrons. The zero-order valence-electron chi connectivity index (χ0n) is 12.3. The van der Waals surface area contributed by atoms with Gasteiger partial charge < -0.3 is 10.1 Å². The number of pyridine rings is 1. The lowest BCUT2D eigenvalue weighted by Gasteiger charge is -2.05. The summed E-state index contributed by atoms with van der Waals surface area (Å²) in [5.41, 5.74) is 2.34. The maximum atomic E-state index is 12.9. The van der Waals surface area contributed by atoms with E-state index in [2.05, 4.69) is 10.3 Å². The molecule has 2 rings (SSSR count). The Morgan fingerprint density at radius 3 is 2.86 bits per heavy atom. The molecule has 0 spiro atoms. The number of carbonyl (C=O) groups is 1. The summed E-state index contributed by atoms with van der Waals surface area (Å²) in [7, 11) is 0. The molecule has 4 nitrogen and oxygen atoms in total. The third-order valence-corrected chi connectivity index (χ3v) is 2.94. The number of hydrogen-bond donors (Lipinski definition) is 1. The van der Waals surface area contributed by atoms with E-state index in [4.69, 9.17) is 4.74 Å². The maximum absolute atomic E-state index is 12.9. The maximum Gasteiger partial charge on any atom is 0.407 e. The molecule has 0 bridgehead atoms. The summed E-state index contributed by atoms with van der Waals surface area (Å²) >= 11 is 0. The number of aryl methyl sites for hydroxylation is 1. The Morgan fingerprint density at radius 2 is 2.14 bits per heavy atom. The predicted octanol–water partition coefficient (Wildman–Crippen LogP) is 3.47. The van der Waals surface area contributed by atoms with E-state index < -0.39 is 6.09 Å². The molecule has 1 amide bonds. The van der Waals surface area contributed by atoms with Gasteiger partial charge >= 0.3 is 6.09 Å². The molecule has 0 saturated carbocycles. The lowest BCUT2D eigenvalue weighted by atomic mass is 10.2. The predicted molar refractivity (Wildman–Crippen MR) is 82.6 cm³/mol. The lowest BCUT2D eigenvalue weighted by Crippen LogP contribution is -2.24. The summed E-state index contributed by atoms with van der Waals surface area (Å²) in [6.45, 7) is 2.32. The van der Waals surface area contributed by atoms with Gasteiger partial charge in [0.25, 0.3) is 0 Å². The van der Waals surface area contributed by atoms with Gasteiger partial charge in [-0.1, -0.05) is 36.4 Å². The van der Waals surface area contributed by atoms with Crippen LogP contribution in [0, 0.1) is 12.7 Å². The molecule has 0 radical (unpaired) electrons. The molecular formula is C17H17FN2O2. The first-order valence-electron chi connectivity index (χ1n) is 6.88. The van der Waals surface area contributed by atoms with Gasteiger partial charge in [0.15, 0.2) is 0 Å². The molecule has 2 aromatic rings. The smallest absolute Gasteiger partial charge is 0.407 e. The second kappa shape index (κ2) is 7.93. The molecule has 0 atom stereocenters. The average molecular weight is 300 g/mol. The lowest BCUT2D eigenvalue weighted by molar-refractivity contribution is 0.141. The van der Waals surface area contributed by atoms with Crippen molar-refractivity contribution in [3.05, 3.63) is 71.3 Å². The summed E-state index contributed by atoms with van der Waals surface area (Å²) in [6.07, 6.45) is 4.13. The number of halogens is 1. The van der Waals surface area contributed by atoms with Crippen molar-refractivity contribution in [1.82, 2.24) is 10.3 Å². The molecule has 0 saturated heterocycles. The van der Waals surface area contributed by atoms with Gasteiger partial charge in [-0.15, -0.1) is 0 Å². The Hall–Kier alpha value is -2.69. The second-order valence-electron chi connectivity index (χ2n) is 4.70. The first-order chi connectivity index (χ1) is 10.6. The normalized spacial score (nSPS) is 10.6. The molecule has 1 heterocycles. The van der Waals surface area contributed by atoms with Crippen LogP contribution < -0.4 is 5.32 Å². The van der Waals surface area contributed by atoms with Crippen LogP contribution >= 0.6 is 0 Å². The second-order valence-corrected chi connectivity index (χ2v) is 4.70. The van der Waals surface area contributed by atoms with Crippen molar-refractivity contribution in [3.8, 4) is 0 Å². The summed E-state index contributed by atoms with van der Waals surface area (Å²) in [6, 6.07) is 10.9. The first-order valence-corrected chi connectivity index (χ1v) is 6.88. The van der Waals surface area contributed by atoms with E-state index >= 15 is 0 Å². The van der Waals surface area contributed by atoms with Crippen molar-refractivity contribution < 1.29 is 13.9 Å². The molecule has 0 unspecified atom stereocenters. The summed E-state index contributed by atoms with van der Waals surface area (Å²) in [4.78, 5) is 15.5. The minimum Gasteiger partial charge on any atom is -0.445 e. The number of rotatable bonds is 5. The zero-order chi connectivity index (χ0) is 15.8. The van der Waals surface area contributed by atoms with Crippen molar-refractivity contribution >= 4 is 12.2 Å². The quantitative estimate of drug-likeness (QED) is 0.920. The number of benzene rings is 1. The minimum atomic E-state index is -0.489. The number of nitrogens with one attached hydrogen (secondary N) is 1. The van der Waals surface area contributed by atoms with Gasteiger partial charge in [0, 0.05) is 6.54 Å². The highest BCUT2D eigenvalue weighted by Gasteiger charge is 2.01. The van der Waals surface area contributed by atoms with Gasteiger partial charge in [-0.3, -0.25) is 4.98 Å². The standard InChI is InChI=1S/C17H17FN2O2/c1-13-10-15(18)11-20-16(13)8-5-9-19-17(21)22-12-14-6-3-2-4-7-14/h2-8,10-11H,9,12H2,1H3,(H,19,21). The summed E-state index contributed by atoms with van der Waals surface area (Å²) in [5.74, 6) is -0.364. The third-order valence-electron chi connectivity index (χ3n) is 2.94. The molecule has 1 aromatic heterocycles. The molecule has 0 aliphatic rings. The zero-order valence-corrected chi connectivity index (χ0v) is 12.3. The fraction of sp³-hybridized carbons (Fsp3) is 0.176. The number of nitrogens with zero attached hydrogens (tertiary/aromatic N) is 1.